The predicted octanol–water partition coefficient (Wildman–Crippen LogP) is 1.21. The second-order valence-corrected chi connectivity index (χ2v) is 11.9. The predicted molar refractivity (Wildman–Crippen MR) is 162 cm³/mol. The molecule has 4 saturated heterocycles. The van der Waals surface area contributed by atoms with E-state index in [1.807, 2.05) is 67.6 Å². The van der Waals surface area contributed by atoms with Gasteiger partial charge in [-0.1, -0.05) is 67.6 Å². The number of hydrogen-bond acceptors (Lipinski definition) is 12. The number of ether oxygens (including phenoxy) is 7. The van der Waals surface area contributed by atoms with Crippen molar-refractivity contribution in [1.29, 1.82) is 0 Å². The van der Waals surface area contributed by atoms with Crippen LogP contribution in [0.2, 0.25) is 0 Å². The fourth-order valence-electron chi connectivity index (χ4n) is 6.10. The number of carbonyl (C=O) groups excluding carboxylic acids is 3. The number of nitrogens with one attached hydrogen (secondary N) is 2. The molecule has 14 nitrogen and oxygen atoms in total. The van der Waals surface area contributed by atoms with Crippen LogP contribution in [0.1, 0.15) is 51.4 Å². The third-order valence-corrected chi connectivity index (χ3v) is 8.30. The van der Waals surface area contributed by atoms with E-state index in [1.165, 1.54) is 20.8 Å². The highest BCUT2D eigenvalue weighted by Crippen LogP contribution is 2.37. The highest BCUT2D eigenvalue weighted by Gasteiger charge is 2.50. The van der Waals surface area contributed by atoms with E-state index in [2.05, 4.69) is 10.6 Å². The monoisotopic (exact) mass is 658 g/mol. The Hall–Kier alpha value is -3.47. The van der Waals surface area contributed by atoms with Gasteiger partial charge in [-0.2, -0.15) is 0 Å². The molecule has 2 aromatic rings. The summed E-state index contributed by atoms with van der Waals surface area (Å²) >= 11 is 0. The third-order valence-electron chi connectivity index (χ3n) is 8.30. The highest BCUT2D eigenvalue weighted by molar-refractivity contribution is 5.73. The minimum absolute atomic E-state index is 0.123. The maximum Gasteiger partial charge on any atom is 0.305 e. The smallest absolute Gasteiger partial charge is 0.305 e. The first-order valence-corrected chi connectivity index (χ1v) is 15.5. The SMILES string of the molecule is CC(=O)NC1C(O)OC2COC(c3ccccc3)OC2C1O.CC(=O)NC1C(OC(C)=O)OC2COC(c3ccccc3)OC2C1C. The van der Waals surface area contributed by atoms with E-state index in [4.69, 9.17) is 33.2 Å². The van der Waals surface area contributed by atoms with Crippen molar-refractivity contribution in [3.63, 3.8) is 0 Å². The molecule has 0 bridgehead atoms. The van der Waals surface area contributed by atoms with Gasteiger partial charge in [0, 0.05) is 37.8 Å². The molecular formula is C33H42N2O12. The van der Waals surface area contributed by atoms with Gasteiger partial charge < -0.3 is 54.0 Å². The number of hydrogen-bond donors (Lipinski definition) is 4. The van der Waals surface area contributed by atoms with Crippen LogP contribution in [-0.4, -0.2) is 96.4 Å². The summed E-state index contributed by atoms with van der Waals surface area (Å²) in [6, 6.07) is 17.6. The van der Waals surface area contributed by atoms with E-state index in [-0.39, 0.29) is 36.5 Å². The lowest BCUT2D eigenvalue weighted by Gasteiger charge is -2.48. The molecule has 47 heavy (non-hydrogen) atoms. The summed E-state index contributed by atoms with van der Waals surface area (Å²) in [5.41, 5.74) is 1.75. The molecule has 6 rings (SSSR count). The van der Waals surface area contributed by atoms with E-state index in [0.29, 0.717) is 6.61 Å². The summed E-state index contributed by atoms with van der Waals surface area (Å²) in [6.45, 7) is 6.49. The Morgan fingerprint density at radius 1 is 0.702 bits per heavy atom. The first-order chi connectivity index (χ1) is 22.5. The number of esters is 1. The molecule has 4 fully saturated rings. The van der Waals surface area contributed by atoms with Crippen LogP contribution in [0.25, 0.3) is 0 Å². The van der Waals surface area contributed by atoms with Crippen molar-refractivity contribution in [2.75, 3.05) is 13.2 Å². The fraction of sp³-hybridized carbons (Fsp3) is 0.545. The number of fused-ring (bicyclic) bond motifs is 2. The van der Waals surface area contributed by atoms with Gasteiger partial charge in [0.25, 0.3) is 0 Å². The van der Waals surface area contributed by atoms with Crippen molar-refractivity contribution in [3.05, 3.63) is 71.8 Å². The van der Waals surface area contributed by atoms with Gasteiger partial charge >= 0.3 is 5.97 Å². The Balaban J connectivity index is 0.000000186. The summed E-state index contributed by atoms with van der Waals surface area (Å²) in [6.07, 6.45) is -6.31. The van der Waals surface area contributed by atoms with Crippen LogP contribution in [0.3, 0.4) is 0 Å². The van der Waals surface area contributed by atoms with E-state index in [9.17, 15) is 24.6 Å². The minimum Gasteiger partial charge on any atom is -0.434 e. The zero-order chi connectivity index (χ0) is 33.7. The molecule has 4 aliphatic heterocycles. The fourth-order valence-corrected chi connectivity index (χ4v) is 6.10. The van der Waals surface area contributed by atoms with Crippen LogP contribution >= 0.6 is 0 Å². The second-order valence-electron chi connectivity index (χ2n) is 11.9. The Morgan fingerprint density at radius 3 is 1.70 bits per heavy atom. The lowest BCUT2D eigenvalue weighted by Crippen LogP contribution is -2.66. The van der Waals surface area contributed by atoms with Crippen LogP contribution < -0.4 is 10.6 Å². The molecule has 0 aromatic heterocycles. The molecule has 0 saturated carbocycles. The van der Waals surface area contributed by atoms with Gasteiger partial charge in [0.2, 0.25) is 18.1 Å². The Labute approximate surface area is 272 Å². The summed E-state index contributed by atoms with van der Waals surface area (Å²) in [5, 5.41) is 25.6. The van der Waals surface area contributed by atoms with Crippen LogP contribution in [-0.2, 0) is 47.5 Å². The average molecular weight is 659 g/mol. The van der Waals surface area contributed by atoms with Gasteiger partial charge in [-0.25, -0.2) is 0 Å². The molecule has 2 amide bonds. The number of carbonyl (C=O) groups is 3. The Bertz CT molecular complexity index is 1350. The van der Waals surface area contributed by atoms with Crippen molar-refractivity contribution in [3.8, 4) is 0 Å². The van der Waals surface area contributed by atoms with Gasteiger partial charge in [-0.05, 0) is 0 Å². The minimum atomic E-state index is -1.30. The van der Waals surface area contributed by atoms with Crippen LogP contribution in [0.4, 0.5) is 0 Å². The Morgan fingerprint density at radius 2 is 1.19 bits per heavy atom. The van der Waals surface area contributed by atoms with Crippen LogP contribution in [0.15, 0.2) is 60.7 Å². The maximum atomic E-state index is 11.6. The molecule has 0 spiro atoms. The molecule has 4 N–H and O–H groups in total. The van der Waals surface area contributed by atoms with Gasteiger partial charge in [0.05, 0.1) is 25.4 Å². The normalized spacial score (nSPS) is 36.3. The highest BCUT2D eigenvalue weighted by atomic mass is 16.8. The molecule has 14 heteroatoms. The summed E-state index contributed by atoms with van der Waals surface area (Å²) in [5.74, 6) is -1.17. The maximum absolute atomic E-state index is 11.6. The topological polar surface area (TPSA) is 180 Å². The number of aliphatic hydroxyl groups is 2. The van der Waals surface area contributed by atoms with Crippen molar-refractivity contribution in [2.45, 2.75) is 95.5 Å². The van der Waals surface area contributed by atoms with Gasteiger partial charge in [-0.3, -0.25) is 14.4 Å². The molecule has 12 unspecified atom stereocenters. The van der Waals surface area contributed by atoms with Crippen LogP contribution in [0, 0.1) is 5.92 Å². The standard InChI is InChI=1S/C18H23NO6.C15H19NO6/c1-10-15(19-11(2)20)18(23-12(3)21)24-14-9-22-17(25-16(10)14)13-7-5-4-6-8-13;1-8(17)16-11-12(18)13-10(21-14(11)19)7-20-15(22-13)9-5-3-2-4-6-9/h4-8,10,14-18H,9H2,1-3H3,(H,19,20);2-6,10-15,18-19H,7H2,1H3,(H,16,17). The van der Waals surface area contributed by atoms with Crippen molar-refractivity contribution < 1.29 is 57.8 Å². The zero-order valence-corrected chi connectivity index (χ0v) is 26.6. The first kappa shape index (κ1) is 34.9. The number of aliphatic hydroxyl groups excluding tert-OH is 2. The average Bonchev–Trinajstić information content (AvgIpc) is 3.05. The van der Waals surface area contributed by atoms with Gasteiger partial charge in [0.15, 0.2) is 18.9 Å². The quantitative estimate of drug-likeness (QED) is 0.338. The number of benzene rings is 2. The van der Waals surface area contributed by atoms with Crippen LogP contribution in [0.5, 0.6) is 0 Å². The molecule has 0 aliphatic carbocycles. The molecule has 4 heterocycles. The molecule has 256 valence electrons. The van der Waals surface area contributed by atoms with Gasteiger partial charge in [-0.15, -0.1) is 0 Å². The Kier molecular flexibility index (Phi) is 11.6. The number of amides is 2. The zero-order valence-electron chi connectivity index (χ0n) is 26.6. The lowest BCUT2D eigenvalue weighted by atomic mass is 9.88. The lowest BCUT2D eigenvalue weighted by molar-refractivity contribution is -0.337. The molecule has 4 aliphatic rings. The first-order valence-electron chi connectivity index (χ1n) is 15.5. The molecule has 0 radical (unpaired) electrons. The molecular weight excluding hydrogens is 616 g/mol. The van der Waals surface area contributed by atoms with E-state index < -0.39 is 61.5 Å². The summed E-state index contributed by atoms with van der Waals surface area (Å²) in [4.78, 5) is 34.1. The van der Waals surface area contributed by atoms with E-state index >= 15 is 0 Å². The number of rotatable bonds is 5. The summed E-state index contributed by atoms with van der Waals surface area (Å²) < 4.78 is 39.8. The summed E-state index contributed by atoms with van der Waals surface area (Å²) in [7, 11) is 0. The molecule has 2 aromatic carbocycles. The second kappa shape index (κ2) is 15.6. The van der Waals surface area contributed by atoms with E-state index in [0.717, 1.165) is 11.1 Å². The van der Waals surface area contributed by atoms with Crippen molar-refractivity contribution in [2.24, 2.45) is 5.92 Å². The van der Waals surface area contributed by atoms with E-state index in [1.54, 1.807) is 0 Å². The third kappa shape index (κ3) is 8.52. The van der Waals surface area contributed by atoms with Crippen molar-refractivity contribution in [1.82, 2.24) is 10.6 Å². The molecule has 12 atom stereocenters. The van der Waals surface area contributed by atoms with Gasteiger partial charge in [0.1, 0.15) is 30.5 Å². The largest absolute Gasteiger partial charge is 0.434 e. The van der Waals surface area contributed by atoms with Crippen molar-refractivity contribution >= 4 is 17.8 Å².